The largest absolute Gasteiger partial charge is 0.475 e. The zero-order chi connectivity index (χ0) is 11.6. The Morgan fingerprint density at radius 1 is 1.60 bits per heavy atom. The summed E-state index contributed by atoms with van der Waals surface area (Å²) in [5, 5.41) is 8.77. The summed E-state index contributed by atoms with van der Waals surface area (Å²) in [5.41, 5.74) is -0.0167. The number of carbonyl (C=O) groups is 1. The monoisotopic (exact) mass is 213 g/mol. The Morgan fingerprint density at radius 3 is 2.60 bits per heavy atom. The predicted molar refractivity (Wildman–Crippen MR) is 53.0 cm³/mol. The second-order valence-corrected chi connectivity index (χ2v) is 3.97. The van der Waals surface area contributed by atoms with Crippen LogP contribution in [-0.4, -0.2) is 28.8 Å². The average Bonchev–Trinajstić information content (AvgIpc) is 2.46. The summed E-state index contributed by atoms with van der Waals surface area (Å²) in [4.78, 5) is 14.7. The number of hydrogen-bond acceptors (Lipinski definition) is 4. The van der Waals surface area contributed by atoms with Crippen molar-refractivity contribution in [3.8, 4) is 0 Å². The summed E-state index contributed by atoms with van der Waals surface area (Å²) in [5.74, 6) is -0.810. The number of ether oxygens (including phenoxy) is 1. The maximum atomic E-state index is 10.7. The molecule has 1 rings (SSSR count). The minimum absolute atomic E-state index is 0.100. The molecule has 0 aliphatic carbocycles. The Labute approximate surface area is 88.1 Å². The number of aromatic nitrogens is 1. The Bertz CT molecular complexity index is 367. The van der Waals surface area contributed by atoms with Crippen molar-refractivity contribution >= 4 is 5.97 Å². The van der Waals surface area contributed by atoms with Gasteiger partial charge in [0.1, 0.15) is 0 Å². The highest BCUT2D eigenvalue weighted by Crippen LogP contribution is 2.18. The van der Waals surface area contributed by atoms with Crippen LogP contribution in [0.15, 0.2) is 4.42 Å². The molecule has 84 valence electrons. The fourth-order valence-electron chi connectivity index (χ4n) is 1.16. The summed E-state index contributed by atoms with van der Waals surface area (Å²) in [6, 6.07) is 0. The molecule has 0 radical (unpaired) electrons. The van der Waals surface area contributed by atoms with Crippen LogP contribution in [0, 0.1) is 6.92 Å². The number of hydrogen-bond donors (Lipinski definition) is 1. The van der Waals surface area contributed by atoms with Crippen molar-refractivity contribution in [1.29, 1.82) is 0 Å². The molecule has 5 heteroatoms. The van der Waals surface area contributed by atoms with Gasteiger partial charge in [-0.3, -0.25) is 0 Å². The first-order valence-electron chi connectivity index (χ1n) is 4.60. The highest BCUT2D eigenvalue weighted by atomic mass is 16.5. The van der Waals surface area contributed by atoms with Crippen molar-refractivity contribution in [2.45, 2.75) is 32.8 Å². The normalized spacial score (nSPS) is 11.7. The number of nitrogens with zero attached hydrogens (tertiary/aromatic N) is 1. The van der Waals surface area contributed by atoms with E-state index in [-0.39, 0.29) is 5.76 Å². The molecule has 5 nitrogen and oxygen atoms in total. The van der Waals surface area contributed by atoms with Crippen LogP contribution in [0.4, 0.5) is 0 Å². The summed E-state index contributed by atoms with van der Waals surface area (Å²) >= 11 is 0. The van der Waals surface area contributed by atoms with Gasteiger partial charge in [0.2, 0.25) is 5.76 Å². The maximum absolute atomic E-state index is 10.7. The van der Waals surface area contributed by atoms with Crippen molar-refractivity contribution in [3.63, 3.8) is 0 Å². The smallest absolute Gasteiger partial charge is 0.373 e. The zero-order valence-electron chi connectivity index (χ0n) is 9.33. The van der Waals surface area contributed by atoms with Crippen molar-refractivity contribution in [2.24, 2.45) is 0 Å². The number of aromatic carboxylic acids is 1. The third kappa shape index (κ3) is 2.79. The van der Waals surface area contributed by atoms with Crippen molar-refractivity contribution in [2.75, 3.05) is 7.11 Å². The van der Waals surface area contributed by atoms with E-state index in [1.807, 2.05) is 13.8 Å². The van der Waals surface area contributed by atoms with E-state index in [1.54, 1.807) is 14.0 Å². The van der Waals surface area contributed by atoms with Crippen molar-refractivity contribution in [3.05, 3.63) is 17.3 Å². The molecule has 0 spiro atoms. The number of rotatable bonds is 4. The molecule has 0 atom stereocenters. The van der Waals surface area contributed by atoms with E-state index in [0.717, 1.165) is 0 Å². The molecule has 0 fully saturated rings. The van der Waals surface area contributed by atoms with Gasteiger partial charge in [-0.25, -0.2) is 9.78 Å². The Balaban J connectivity index is 2.89. The molecular weight excluding hydrogens is 198 g/mol. The van der Waals surface area contributed by atoms with E-state index in [0.29, 0.717) is 18.0 Å². The molecule has 0 saturated heterocycles. The number of methoxy groups -OCH3 is 1. The number of oxazole rings is 1. The van der Waals surface area contributed by atoms with Crippen molar-refractivity contribution < 1.29 is 19.1 Å². The Hall–Kier alpha value is -1.36. The van der Waals surface area contributed by atoms with Crippen LogP contribution in [0.1, 0.15) is 36.0 Å². The first kappa shape index (κ1) is 11.7. The van der Waals surface area contributed by atoms with Gasteiger partial charge in [-0.15, -0.1) is 0 Å². The second kappa shape index (κ2) is 4.02. The molecular formula is C10H15NO4. The molecule has 0 aromatic carbocycles. The average molecular weight is 213 g/mol. The van der Waals surface area contributed by atoms with Gasteiger partial charge in [0.25, 0.3) is 0 Å². The van der Waals surface area contributed by atoms with Crippen LogP contribution in [0.5, 0.6) is 0 Å². The van der Waals surface area contributed by atoms with E-state index in [4.69, 9.17) is 14.3 Å². The molecule has 1 N–H and O–H groups in total. The third-order valence-electron chi connectivity index (χ3n) is 2.16. The van der Waals surface area contributed by atoms with Gasteiger partial charge >= 0.3 is 5.97 Å². The fraction of sp³-hybridized carbons (Fsp3) is 0.600. The molecule has 0 unspecified atom stereocenters. The lowest BCUT2D eigenvalue weighted by atomic mass is 10.1. The van der Waals surface area contributed by atoms with Crippen LogP contribution in [-0.2, 0) is 11.2 Å². The van der Waals surface area contributed by atoms with E-state index < -0.39 is 11.6 Å². The Kier molecular flexibility index (Phi) is 3.14. The summed E-state index contributed by atoms with van der Waals surface area (Å²) < 4.78 is 10.3. The van der Waals surface area contributed by atoms with E-state index in [2.05, 4.69) is 4.98 Å². The van der Waals surface area contributed by atoms with Gasteiger partial charge in [0, 0.05) is 7.11 Å². The van der Waals surface area contributed by atoms with Gasteiger partial charge < -0.3 is 14.3 Å². The standard InChI is InChI=1S/C10H15NO4/c1-6-8(9(12)13)15-7(11-6)5-10(2,3)14-4/h5H2,1-4H3,(H,12,13). The fourth-order valence-corrected chi connectivity index (χ4v) is 1.16. The molecule has 0 bridgehead atoms. The molecule has 1 aromatic heterocycles. The van der Waals surface area contributed by atoms with Crippen molar-refractivity contribution in [1.82, 2.24) is 4.98 Å². The number of carboxylic acids is 1. The highest BCUT2D eigenvalue weighted by molar-refractivity contribution is 5.85. The molecule has 1 heterocycles. The lowest BCUT2D eigenvalue weighted by Gasteiger charge is -2.20. The van der Waals surface area contributed by atoms with Crippen LogP contribution < -0.4 is 0 Å². The van der Waals surface area contributed by atoms with Crippen LogP contribution in [0.2, 0.25) is 0 Å². The third-order valence-corrected chi connectivity index (χ3v) is 2.16. The molecule has 15 heavy (non-hydrogen) atoms. The van der Waals surface area contributed by atoms with Gasteiger partial charge in [-0.05, 0) is 20.8 Å². The van der Waals surface area contributed by atoms with Crippen LogP contribution in [0.25, 0.3) is 0 Å². The predicted octanol–water partition coefficient (Wildman–Crippen LogP) is 1.65. The zero-order valence-corrected chi connectivity index (χ0v) is 9.33. The topological polar surface area (TPSA) is 72.6 Å². The van der Waals surface area contributed by atoms with Gasteiger partial charge in [0.05, 0.1) is 17.7 Å². The molecule has 1 aromatic rings. The minimum Gasteiger partial charge on any atom is -0.475 e. The maximum Gasteiger partial charge on any atom is 0.373 e. The summed E-state index contributed by atoms with van der Waals surface area (Å²) in [6.45, 7) is 5.37. The van der Waals surface area contributed by atoms with Gasteiger partial charge in [-0.2, -0.15) is 0 Å². The molecule has 0 saturated carbocycles. The van der Waals surface area contributed by atoms with E-state index in [1.165, 1.54) is 0 Å². The molecule has 0 amide bonds. The first-order valence-corrected chi connectivity index (χ1v) is 4.60. The summed E-state index contributed by atoms with van der Waals surface area (Å²) in [6.07, 6.45) is 0.442. The van der Waals surface area contributed by atoms with Crippen LogP contribution >= 0.6 is 0 Å². The quantitative estimate of drug-likeness (QED) is 0.823. The second-order valence-electron chi connectivity index (χ2n) is 3.97. The lowest BCUT2D eigenvalue weighted by Crippen LogP contribution is -2.25. The number of aryl methyl sites for hydroxylation is 1. The van der Waals surface area contributed by atoms with Gasteiger partial charge in [0.15, 0.2) is 5.89 Å². The lowest BCUT2D eigenvalue weighted by molar-refractivity contribution is 0.0176. The van der Waals surface area contributed by atoms with Gasteiger partial charge in [-0.1, -0.05) is 0 Å². The Morgan fingerprint density at radius 2 is 2.20 bits per heavy atom. The first-order chi connectivity index (χ1) is 6.85. The van der Waals surface area contributed by atoms with E-state index >= 15 is 0 Å². The molecule has 0 aliphatic rings. The van der Waals surface area contributed by atoms with E-state index in [9.17, 15) is 4.79 Å². The molecule has 0 aliphatic heterocycles. The van der Waals surface area contributed by atoms with Crippen LogP contribution in [0.3, 0.4) is 0 Å². The SMILES string of the molecule is COC(C)(C)Cc1nc(C)c(C(=O)O)o1. The number of carboxylic acid groups (broad SMARTS) is 1. The summed E-state index contributed by atoms with van der Waals surface area (Å²) in [7, 11) is 1.59. The highest BCUT2D eigenvalue weighted by Gasteiger charge is 2.23. The minimum atomic E-state index is -1.10.